The second-order valence-corrected chi connectivity index (χ2v) is 8.00. The van der Waals surface area contributed by atoms with Crippen LogP contribution in [-0.2, 0) is 4.79 Å². The van der Waals surface area contributed by atoms with Crippen LogP contribution in [0.4, 0.5) is 0 Å². The number of aliphatic hydroxyl groups is 1. The molecule has 1 amide bonds. The van der Waals surface area contributed by atoms with Gasteiger partial charge in [-0.1, -0.05) is 12.1 Å². The van der Waals surface area contributed by atoms with Crippen molar-refractivity contribution in [2.45, 2.75) is 42.9 Å². The van der Waals surface area contributed by atoms with Crippen molar-refractivity contribution in [3.63, 3.8) is 0 Å². The zero-order valence-electron chi connectivity index (χ0n) is 12.7. The largest absolute Gasteiger partial charge is 0.396 e. The Morgan fingerprint density at radius 3 is 2.55 bits per heavy atom. The number of benzene rings is 1. The van der Waals surface area contributed by atoms with Crippen molar-refractivity contribution in [3.05, 3.63) is 29.8 Å². The number of carbonyl (C=O) groups is 1. The third-order valence-corrected chi connectivity index (χ3v) is 6.59. The van der Waals surface area contributed by atoms with E-state index in [4.69, 9.17) is 0 Å². The predicted octanol–water partition coefficient (Wildman–Crippen LogP) is 3.34. The van der Waals surface area contributed by atoms with Crippen LogP contribution in [0, 0.1) is 23.7 Å². The Bertz CT molecular complexity index is 555. The minimum atomic E-state index is 0.169. The van der Waals surface area contributed by atoms with E-state index in [0.717, 1.165) is 29.6 Å². The van der Waals surface area contributed by atoms with Gasteiger partial charge >= 0.3 is 0 Å². The first kappa shape index (κ1) is 14.6. The van der Waals surface area contributed by atoms with Crippen LogP contribution in [0.25, 0.3) is 0 Å². The molecule has 2 bridgehead atoms. The lowest BCUT2D eigenvalue weighted by Gasteiger charge is -2.30. The number of nitrogens with one attached hydrogen (secondary N) is 1. The molecule has 0 radical (unpaired) electrons. The molecule has 3 aliphatic rings. The van der Waals surface area contributed by atoms with E-state index in [9.17, 15) is 9.90 Å². The molecule has 4 unspecified atom stereocenters. The molecule has 0 saturated heterocycles. The maximum Gasteiger partial charge on any atom is 0.233 e. The van der Waals surface area contributed by atoms with Crippen LogP contribution in [0.15, 0.2) is 29.2 Å². The first-order chi connectivity index (χ1) is 10.8. The smallest absolute Gasteiger partial charge is 0.233 e. The monoisotopic (exact) mass is 317 g/mol. The molecular formula is C18H23NO2S. The molecule has 4 heteroatoms. The van der Waals surface area contributed by atoms with E-state index >= 15 is 0 Å². The molecule has 0 aromatic heterocycles. The molecule has 0 spiro atoms. The number of fused-ring (bicyclic) bond motifs is 2. The first-order valence-electron chi connectivity index (χ1n) is 8.44. The van der Waals surface area contributed by atoms with Crippen LogP contribution in [0.2, 0.25) is 0 Å². The summed E-state index contributed by atoms with van der Waals surface area (Å²) in [5, 5.41) is 9.73. The van der Waals surface area contributed by atoms with E-state index in [-0.39, 0.29) is 11.8 Å². The zero-order chi connectivity index (χ0) is 15.1. The number of carbonyl (C=O) groups excluding carboxylic acids is 1. The van der Waals surface area contributed by atoms with Crippen LogP contribution in [0.1, 0.15) is 43.6 Å². The highest BCUT2D eigenvalue weighted by atomic mass is 32.2. The Kier molecular flexibility index (Phi) is 3.91. The molecule has 1 aromatic carbocycles. The summed E-state index contributed by atoms with van der Waals surface area (Å²) in [4.78, 5) is 12.7. The van der Waals surface area contributed by atoms with Gasteiger partial charge in [-0.2, -0.15) is 0 Å². The van der Waals surface area contributed by atoms with Crippen LogP contribution in [0.5, 0.6) is 0 Å². The van der Waals surface area contributed by atoms with Gasteiger partial charge in [0.05, 0.1) is 0 Å². The van der Waals surface area contributed by atoms with Crippen LogP contribution in [-0.4, -0.2) is 17.6 Å². The van der Waals surface area contributed by atoms with Gasteiger partial charge in [0.15, 0.2) is 0 Å². The second-order valence-electron chi connectivity index (χ2n) is 7.12. The topological polar surface area (TPSA) is 49.3 Å². The Hall–Kier alpha value is -1.00. The van der Waals surface area contributed by atoms with E-state index in [2.05, 4.69) is 29.0 Å². The molecule has 22 heavy (non-hydrogen) atoms. The summed E-state index contributed by atoms with van der Waals surface area (Å²) >= 11 is 1.42. The van der Waals surface area contributed by atoms with Crippen LogP contribution < -0.4 is 4.72 Å². The summed E-state index contributed by atoms with van der Waals surface area (Å²) in [6, 6.07) is 8.60. The summed E-state index contributed by atoms with van der Waals surface area (Å²) < 4.78 is 2.93. The molecule has 4 atom stereocenters. The molecule has 118 valence electrons. The molecular weight excluding hydrogens is 294 g/mol. The fourth-order valence-electron chi connectivity index (χ4n) is 4.49. The van der Waals surface area contributed by atoms with Gasteiger partial charge in [0.1, 0.15) is 0 Å². The second kappa shape index (κ2) is 5.89. The fraction of sp³-hybridized carbons (Fsp3) is 0.611. The lowest BCUT2D eigenvalue weighted by Crippen LogP contribution is -2.23. The van der Waals surface area contributed by atoms with Gasteiger partial charge in [0.2, 0.25) is 5.91 Å². The Labute approximate surface area is 136 Å². The van der Waals surface area contributed by atoms with Crippen molar-refractivity contribution in [2.24, 2.45) is 23.7 Å². The summed E-state index contributed by atoms with van der Waals surface area (Å²) in [5.74, 6) is 2.89. The highest BCUT2D eigenvalue weighted by molar-refractivity contribution is 7.98. The molecule has 3 saturated carbocycles. The molecule has 3 fully saturated rings. The Balaban J connectivity index is 1.41. The Morgan fingerprint density at radius 2 is 1.86 bits per heavy atom. The molecule has 0 aliphatic heterocycles. The molecule has 1 aromatic rings. The van der Waals surface area contributed by atoms with E-state index in [0.29, 0.717) is 18.4 Å². The average molecular weight is 317 g/mol. The van der Waals surface area contributed by atoms with Crippen molar-refractivity contribution >= 4 is 17.9 Å². The normalized spacial score (nSPS) is 33.1. The van der Waals surface area contributed by atoms with Crippen molar-refractivity contribution in [3.8, 4) is 0 Å². The predicted molar refractivity (Wildman–Crippen MR) is 87.3 cm³/mol. The maximum absolute atomic E-state index is 11.7. The van der Waals surface area contributed by atoms with Crippen LogP contribution >= 0.6 is 11.9 Å². The number of aliphatic hydroxyl groups excluding tert-OH is 1. The van der Waals surface area contributed by atoms with E-state index in [1.165, 1.54) is 36.8 Å². The van der Waals surface area contributed by atoms with E-state index in [1.54, 1.807) is 0 Å². The minimum Gasteiger partial charge on any atom is -0.396 e. The summed E-state index contributed by atoms with van der Waals surface area (Å²) in [7, 11) is 0. The van der Waals surface area contributed by atoms with E-state index < -0.39 is 0 Å². The summed E-state index contributed by atoms with van der Waals surface area (Å²) in [6.45, 7) is 0.319. The fourth-order valence-corrected chi connectivity index (χ4v) is 5.15. The molecule has 4 rings (SSSR count). The van der Waals surface area contributed by atoms with Gasteiger partial charge in [0, 0.05) is 17.4 Å². The Morgan fingerprint density at radius 1 is 1.14 bits per heavy atom. The zero-order valence-corrected chi connectivity index (χ0v) is 13.5. The van der Waals surface area contributed by atoms with Gasteiger partial charge in [-0.3, -0.25) is 9.52 Å². The molecule has 3 aliphatic carbocycles. The van der Waals surface area contributed by atoms with Gasteiger partial charge in [-0.05, 0) is 85.4 Å². The third-order valence-electron chi connectivity index (χ3n) is 5.78. The van der Waals surface area contributed by atoms with Crippen molar-refractivity contribution in [1.82, 2.24) is 4.72 Å². The van der Waals surface area contributed by atoms with E-state index in [1.807, 2.05) is 0 Å². The first-order valence-corrected chi connectivity index (χ1v) is 9.25. The SMILES string of the molecule is O=C(NSc1ccc(C2C3CCC(C3)C2CO)cc1)C1CC1. The van der Waals surface area contributed by atoms with Gasteiger partial charge < -0.3 is 5.11 Å². The highest BCUT2D eigenvalue weighted by Gasteiger charge is 2.47. The molecule has 0 heterocycles. The summed E-state index contributed by atoms with van der Waals surface area (Å²) in [5.41, 5.74) is 1.36. The lowest BCUT2D eigenvalue weighted by atomic mass is 9.76. The molecule has 2 N–H and O–H groups in total. The number of rotatable bonds is 5. The molecule has 3 nitrogen and oxygen atoms in total. The number of hydrogen-bond donors (Lipinski definition) is 2. The highest BCUT2D eigenvalue weighted by Crippen LogP contribution is 2.56. The minimum absolute atomic E-state index is 0.169. The van der Waals surface area contributed by atoms with Gasteiger partial charge in [0.25, 0.3) is 0 Å². The van der Waals surface area contributed by atoms with Gasteiger partial charge in [-0.15, -0.1) is 0 Å². The van der Waals surface area contributed by atoms with Crippen molar-refractivity contribution in [1.29, 1.82) is 0 Å². The van der Waals surface area contributed by atoms with Crippen LogP contribution in [0.3, 0.4) is 0 Å². The maximum atomic E-state index is 11.7. The number of hydrogen-bond acceptors (Lipinski definition) is 3. The lowest BCUT2D eigenvalue weighted by molar-refractivity contribution is -0.120. The third kappa shape index (κ3) is 2.67. The number of amides is 1. The quantitative estimate of drug-likeness (QED) is 0.819. The standard InChI is InChI=1S/C18H23NO2S/c20-10-16-13-3-4-14(9-13)17(16)11-5-7-15(8-6-11)22-19-18(21)12-1-2-12/h5-8,12-14,16-17,20H,1-4,9-10H2,(H,19,21). The average Bonchev–Trinajstić information content (AvgIpc) is 3.22. The summed E-state index contributed by atoms with van der Waals surface area (Å²) in [6.07, 6.45) is 5.99. The van der Waals surface area contributed by atoms with Gasteiger partial charge in [-0.25, -0.2) is 0 Å². The van der Waals surface area contributed by atoms with Crippen molar-refractivity contribution < 1.29 is 9.90 Å². The van der Waals surface area contributed by atoms with Crippen molar-refractivity contribution in [2.75, 3.05) is 6.61 Å².